The molecule has 0 heterocycles. The topological polar surface area (TPSA) is 0 Å². The summed E-state index contributed by atoms with van der Waals surface area (Å²) in [4.78, 5) is 0. The van der Waals surface area contributed by atoms with Crippen molar-refractivity contribution in [3.05, 3.63) is 131 Å². The van der Waals surface area contributed by atoms with Gasteiger partial charge in [0.05, 0.1) is 0 Å². The summed E-state index contributed by atoms with van der Waals surface area (Å²) in [6.45, 7) is 15.5. The molecule has 0 N–H and O–H groups in total. The third-order valence-corrected chi connectivity index (χ3v) is 7.35. The quantitative estimate of drug-likeness (QED) is 0.334. The van der Waals surface area contributed by atoms with Crippen LogP contribution in [0.3, 0.4) is 0 Å². The van der Waals surface area contributed by atoms with Crippen LogP contribution in [-0.2, 0) is 20.8 Å². The summed E-state index contributed by atoms with van der Waals surface area (Å²) >= 11 is -0.826. The monoisotopic (exact) mass is 564 g/mol. The SMILES string of the molecule is CC1=c2ccccc2=C(C)[C]2[CH][C](c3ccccc3)[CH][C]21.C[C]1[C](C)[C](C)[C](C)[C]1C.[Cl][Zr+2][Cl]. The normalized spacial score (nSPS) is 20.9. The van der Waals surface area contributed by atoms with E-state index in [4.69, 9.17) is 17.0 Å². The Hall–Kier alpha value is -0.357. The Bertz CT molecular complexity index is 953. The van der Waals surface area contributed by atoms with Crippen molar-refractivity contribution >= 4 is 28.2 Å². The predicted octanol–water partition coefficient (Wildman–Crippen LogP) is 7.58. The van der Waals surface area contributed by atoms with Gasteiger partial charge in [0.2, 0.25) is 0 Å². The first-order valence-electron chi connectivity index (χ1n) is 11.5. The van der Waals surface area contributed by atoms with Gasteiger partial charge >= 0.3 is 37.9 Å². The van der Waals surface area contributed by atoms with Crippen LogP contribution in [0.5, 0.6) is 0 Å². The molecule has 172 valence electrons. The third kappa shape index (κ3) is 5.95. The van der Waals surface area contributed by atoms with Crippen LogP contribution in [0.2, 0.25) is 0 Å². The van der Waals surface area contributed by atoms with Gasteiger partial charge in [-0.1, -0.05) is 100 Å². The Morgan fingerprint density at radius 1 is 0.500 bits per heavy atom. The zero-order chi connectivity index (χ0) is 25.0. The van der Waals surface area contributed by atoms with Gasteiger partial charge in [0.25, 0.3) is 0 Å². The summed E-state index contributed by atoms with van der Waals surface area (Å²) in [5.74, 6) is 11.4. The number of halogens is 2. The van der Waals surface area contributed by atoms with Gasteiger partial charge in [-0.05, 0) is 72.3 Å². The first-order valence-corrected chi connectivity index (χ1v) is 17.9. The molecule has 0 aromatic heterocycles. The minimum absolute atomic E-state index is 0.826. The molecule has 2 fully saturated rings. The molecule has 2 aromatic rings. The van der Waals surface area contributed by atoms with E-state index in [-0.39, 0.29) is 0 Å². The minimum atomic E-state index is -0.826. The molecule has 2 saturated carbocycles. The van der Waals surface area contributed by atoms with Gasteiger partial charge in [0.15, 0.2) is 0 Å². The molecule has 0 bridgehead atoms. The van der Waals surface area contributed by atoms with E-state index in [2.05, 4.69) is 116 Å². The molecule has 0 aliphatic heterocycles. The average Bonchev–Trinajstić information content (AvgIpc) is 3.38. The molecular weight excluding hydrogens is 534 g/mol. The van der Waals surface area contributed by atoms with Crippen molar-refractivity contribution in [2.24, 2.45) is 0 Å². The second-order valence-electron chi connectivity index (χ2n) is 8.93. The summed E-state index contributed by atoms with van der Waals surface area (Å²) in [6.07, 6.45) is 4.67. The second kappa shape index (κ2) is 12.7. The third-order valence-electron chi connectivity index (χ3n) is 7.35. The fraction of sp³-hybridized carbons (Fsp3) is 0.226. The summed E-state index contributed by atoms with van der Waals surface area (Å²) in [6, 6.07) is 19.3. The molecule has 34 heavy (non-hydrogen) atoms. The molecule has 0 spiro atoms. The number of hydrogen-bond donors (Lipinski definition) is 0. The molecule has 0 unspecified atom stereocenters. The Labute approximate surface area is 226 Å². The molecule has 0 nitrogen and oxygen atoms in total. The van der Waals surface area contributed by atoms with Crippen LogP contribution >= 0.6 is 17.0 Å². The molecule has 0 amide bonds. The fourth-order valence-electron chi connectivity index (χ4n) is 4.76. The molecule has 3 heteroatoms. The van der Waals surface area contributed by atoms with E-state index in [1.807, 2.05) is 0 Å². The van der Waals surface area contributed by atoms with E-state index in [0.29, 0.717) is 0 Å². The van der Waals surface area contributed by atoms with E-state index < -0.39 is 20.8 Å². The Kier molecular flexibility index (Phi) is 10.6. The molecule has 0 saturated heterocycles. The molecule has 3 aliphatic carbocycles. The van der Waals surface area contributed by atoms with Crippen LogP contribution < -0.4 is 10.4 Å². The van der Waals surface area contributed by atoms with Gasteiger partial charge in [-0.25, -0.2) is 0 Å². The van der Waals surface area contributed by atoms with Crippen molar-refractivity contribution in [1.82, 2.24) is 0 Å². The number of benzene rings is 2. The predicted molar refractivity (Wildman–Crippen MR) is 144 cm³/mol. The molecular formula is C31H32Cl2Zr+2. The first kappa shape index (κ1) is 28.2. The van der Waals surface area contributed by atoms with E-state index >= 15 is 0 Å². The Morgan fingerprint density at radius 3 is 1.18 bits per heavy atom. The van der Waals surface area contributed by atoms with Gasteiger partial charge in [-0.3, -0.25) is 0 Å². The van der Waals surface area contributed by atoms with Crippen molar-refractivity contribution in [2.45, 2.75) is 48.5 Å². The van der Waals surface area contributed by atoms with Gasteiger partial charge in [-0.15, -0.1) is 0 Å². The van der Waals surface area contributed by atoms with E-state index in [0.717, 1.165) is 0 Å². The number of hydrogen-bond acceptors (Lipinski definition) is 0. The standard InChI is InChI=1S/C21H17.C10H15.2ClH.Zr/c1-14-18-10-6-7-11-19(18)15(2)21-13-17(12-20(14)21)16-8-4-3-5-9-16;1-6-7(2)9(4)10(5)8(6)3;;;/h3-13H,1-2H3;1-5H3;2*1H;/q;;;;+4/p-2. The zero-order valence-corrected chi connectivity index (χ0v) is 25.1. The molecule has 0 atom stereocenters. The van der Waals surface area contributed by atoms with Crippen LogP contribution in [0.1, 0.15) is 54.0 Å². The molecule has 2 aromatic carbocycles. The number of rotatable bonds is 1. The summed E-state index contributed by atoms with van der Waals surface area (Å²) in [5, 5.41) is 2.74. The van der Waals surface area contributed by atoms with Crippen molar-refractivity contribution in [3.63, 3.8) is 0 Å². The van der Waals surface area contributed by atoms with Crippen LogP contribution in [0.15, 0.2) is 54.6 Å². The van der Waals surface area contributed by atoms with E-state index in [1.165, 1.54) is 74.5 Å². The zero-order valence-electron chi connectivity index (χ0n) is 21.1. The Morgan fingerprint density at radius 2 is 0.824 bits per heavy atom. The first-order chi connectivity index (χ1) is 16.2. The van der Waals surface area contributed by atoms with Crippen molar-refractivity contribution < 1.29 is 20.8 Å². The second-order valence-corrected chi connectivity index (χ2v) is 12.7. The maximum atomic E-state index is 4.93. The summed E-state index contributed by atoms with van der Waals surface area (Å²) < 4.78 is 0. The van der Waals surface area contributed by atoms with Gasteiger partial charge in [-0.2, -0.15) is 0 Å². The fourth-order valence-corrected chi connectivity index (χ4v) is 4.76. The van der Waals surface area contributed by atoms with Crippen LogP contribution in [0.25, 0.3) is 11.1 Å². The molecule has 5 rings (SSSR count). The summed E-state index contributed by atoms with van der Waals surface area (Å²) in [7, 11) is 9.87. The van der Waals surface area contributed by atoms with E-state index in [1.54, 1.807) is 0 Å². The van der Waals surface area contributed by atoms with Crippen LogP contribution in [-0.4, -0.2) is 0 Å². The average molecular weight is 567 g/mol. The van der Waals surface area contributed by atoms with Crippen molar-refractivity contribution in [1.29, 1.82) is 0 Å². The van der Waals surface area contributed by atoms with Gasteiger partial charge in [0.1, 0.15) is 0 Å². The van der Waals surface area contributed by atoms with Crippen molar-refractivity contribution in [3.8, 4) is 0 Å². The van der Waals surface area contributed by atoms with Gasteiger partial charge < -0.3 is 0 Å². The number of fused-ring (bicyclic) bond motifs is 2. The van der Waals surface area contributed by atoms with Gasteiger partial charge in [0, 0.05) is 17.8 Å². The van der Waals surface area contributed by atoms with E-state index in [9.17, 15) is 0 Å². The van der Waals surface area contributed by atoms with Crippen LogP contribution in [0.4, 0.5) is 0 Å². The maximum absolute atomic E-state index is 4.93. The summed E-state index contributed by atoms with van der Waals surface area (Å²) in [5.41, 5.74) is 4.05. The molecule has 3 aliphatic rings. The van der Waals surface area contributed by atoms with Crippen LogP contribution in [0, 0.1) is 60.2 Å². The Balaban J connectivity index is 0.000000209. The van der Waals surface area contributed by atoms with Crippen molar-refractivity contribution in [2.75, 3.05) is 0 Å². The molecule has 10 radical (unpaired) electrons.